The first-order chi connectivity index (χ1) is 8.37. The number of sulfone groups is 1. The smallest absolute Gasteiger partial charge is 0.254 e. The number of carbonyl (C=O) groups is 1. The van der Waals surface area contributed by atoms with Crippen LogP contribution >= 0.6 is 0 Å². The van der Waals surface area contributed by atoms with Crippen LogP contribution in [0.2, 0.25) is 0 Å². The van der Waals surface area contributed by atoms with E-state index >= 15 is 0 Å². The molecule has 4 nitrogen and oxygen atoms in total. The van der Waals surface area contributed by atoms with Gasteiger partial charge in [0, 0.05) is 6.04 Å². The number of carbonyl (C=O) groups excluding carboxylic acids is 1. The van der Waals surface area contributed by atoms with Crippen LogP contribution in [-0.4, -0.2) is 31.9 Å². The van der Waals surface area contributed by atoms with E-state index < -0.39 is 27.6 Å². The molecule has 0 bridgehead atoms. The van der Waals surface area contributed by atoms with Gasteiger partial charge < -0.3 is 5.32 Å². The fourth-order valence-electron chi connectivity index (χ4n) is 1.98. The molecule has 18 heavy (non-hydrogen) atoms. The summed E-state index contributed by atoms with van der Waals surface area (Å²) < 4.78 is 36.0. The first-order valence-electron chi connectivity index (χ1n) is 5.65. The van der Waals surface area contributed by atoms with E-state index in [1.54, 1.807) is 13.0 Å². The summed E-state index contributed by atoms with van der Waals surface area (Å²) in [4.78, 5) is 11.8. The predicted molar refractivity (Wildman–Crippen MR) is 65.7 cm³/mol. The lowest BCUT2D eigenvalue weighted by molar-refractivity contribution is 0.0937. The Balaban J connectivity index is 2.09. The third kappa shape index (κ3) is 2.87. The lowest BCUT2D eigenvalue weighted by Gasteiger charge is -2.11. The van der Waals surface area contributed by atoms with E-state index in [9.17, 15) is 17.6 Å². The van der Waals surface area contributed by atoms with Crippen molar-refractivity contribution >= 4 is 15.7 Å². The van der Waals surface area contributed by atoms with Crippen LogP contribution in [0, 0.1) is 12.7 Å². The predicted octanol–water partition coefficient (Wildman–Crippen LogP) is 1.05. The van der Waals surface area contributed by atoms with Crippen LogP contribution in [0.5, 0.6) is 0 Å². The summed E-state index contributed by atoms with van der Waals surface area (Å²) in [6.45, 7) is 1.73. The first kappa shape index (κ1) is 13.0. The first-order valence-corrected chi connectivity index (χ1v) is 7.47. The highest BCUT2D eigenvalue weighted by Crippen LogP contribution is 2.14. The lowest BCUT2D eigenvalue weighted by Crippen LogP contribution is -2.36. The van der Waals surface area contributed by atoms with Crippen LogP contribution in [0.15, 0.2) is 18.2 Å². The van der Waals surface area contributed by atoms with E-state index in [-0.39, 0.29) is 17.1 Å². The fraction of sp³-hybridized carbons (Fsp3) is 0.417. The van der Waals surface area contributed by atoms with Gasteiger partial charge in [-0.15, -0.1) is 0 Å². The number of amides is 1. The van der Waals surface area contributed by atoms with Crippen molar-refractivity contribution in [1.82, 2.24) is 5.32 Å². The highest BCUT2D eigenvalue weighted by atomic mass is 32.2. The van der Waals surface area contributed by atoms with Crippen molar-refractivity contribution in [3.8, 4) is 0 Å². The van der Waals surface area contributed by atoms with Crippen LogP contribution in [0.25, 0.3) is 0 Å². The standard InChI is InChI=1S/C12H14FNO3S/c1-8-2-3-10(11(13)6-8)12(15)14-9-4-5-18(16,17)7-9/h2-3,6,9H,4-5,7H2,1H3,(H,14,15). The highest BCUT2D eigenvalue weighted by molar-refractivity contribution is 7.91. The van der Waals surface area contributed by atoms with Gasteiger partial charge in [-0.05, 0) is 31.0 Å². The molecule has 0 saturated carbocycles. The van der Waals surface area contributed by atoms with Gasteiger partial charge in [0.1, 0.15) is 5.82 Å². The normalized spacial score (nSPS) is 21.8. The van der Waals surface area contributed by atoms with Gasteiger partial charge in [-0.3, -0.25) is 4.79 Å². The van der Waals surface area contributed by atoms with Crippen molar-refractivity contribution in [2.75, 3.05) is 11.5 Å². The Morgan fingerprint density at radius 1 is 1.44 bits per heavy atom. The van der Waals surface area contributed by atoms with E-state index in [4.69, 9.17) is 0 Å². The number of hydrogen-bond acceptors (Lipinski definition) is 3. The molecule has 98 valence electrons. The second-order valence-electron chi connectivity index (χ2n) is 4.56. The van der Waals surface area contributed by atoms with Crippen LogP contribution in [0.1, 0.15) is 22.3 Å². The zero-order valence-electron chi connectivity index (χ0n) is 9.94. The maximum Gasteiger partial charge on any atom is 0.254 e. The molecule has 0 radical (unpaired) electrons. The van der Waals surface area contributed by atoms with E-state index in [2.05, 4.69) is 5.32 Å². The SMILES string of the molecule is Cc1ccc(C(=O)NC2CCS(=O)(=O)C2)c(F)c1. The lowest BCUT2D eigenvalue weighted by atomic mass is 10.1. The Morgan fingerprint density at radius 3 is 2.72 bits per heavy atom. The van der Waals surface area contributed by atoms with Crippen molar-refractivity contribution in [1.29, 1.82) is 0 Å². The molecular formula is C12H14FNO3S. The topological polar surface area (TPSA) is 63.2 Å². The molecule has 0 aromatic heterocycles. The molecule has 0 spiro atoms. The van der Waals surface area contributed by atoms with Gasteiger partial charge in [-0.25, -0.2) is 12.8 Å². The Kier molecular flexibility index (Phi) is 3.38. The second-order valence-corrected chi connectivity index (χ2v) is 6.79. The summed E-state index contributed by atoms with van der Waals surface area (Å²) in [5, 5.41) is 2.55. The van der Waals surface area contributed by atoms with Crippen LogP contribution in [0.4, 0.5) is 4.39 Å². The number of halogens is 1. The number of rotatable bonds is 2. The van der Waals surface area contributed by atoms with Crippen LogP contribution in [0.3, 0.4) is 0 Å². The zero-order chi connectivity index (χ0) is 13.3. The highest BCUT2D eigenvalue weighted by Gasteiger charge is 2.29. The Morgan fingerprint density at radius 2 is 2.17 bits per heavy atom. The van der Waals surface area contributed by atoms with Crippen molar-refractivity contribution in [3.63, 3.8) is 0 Å². The van der Waals surface area contributed by atoms with Gasteiger partial charge in [-0.2, -0.15) is 0 Å². The molecule has 1 unspecified atom stereocenters. The molecule has 1 aromatic carbocycles. The Bertz CT molecular complexity index is 583. The molecule has 6 heteroatoms. The zero-order valence-corrected chi connectivity index (χ0v) is 10.8. The minimum atomic E-state index is -3.05. The number of hydrogen-bond donors (Lipinski definition) is 1. The van der Waals surface area contributed by atoms with Gasteiger partial charge in [-0.1, -0.05) is 6.07 Å². The van der Waals surface area contributed by atoms with E-state index in [0.29, 0.717) is 6.42 Å². The van der Waals surface area contributed by atoms with Crippen molar-refractivity contribution < 1.29 is 17.6 Å². The molecule has 0 aliphatic carbocycles. The fourth-order valence-corrected chi connectivity index (χ4v) is 3.65. The summed E-state index contributed by atoms with van der Waals surface area (Å²) in [6.07, 6.45) is 0.390. The molecule has 1 aliphatic heterocycles. The Labute approximate surface area is 105 Å². The second kappa shape index (κ2) is 4.68. The maximum atomic E-state index is 13.5. The largest absolute Gasteiger partial charge is 0.348 e. The minimum Gasteiger partial charge on any atom is -0.348 e. The molecule has 1 saturated heterocycles. The average Bonchev–Trinajstić information content (AvgIpc) is 2.57. The summed E-state index contributed by atoms with van der Waals surface area (Å²) in [6, 6.07) is 3.91. The summed E-state index contributed by atoms with van der Waals surface area (Å²) in [5.41, 5.74) is 0.678. The van der Waals surface area contributed by atoms with E-state index in [1.165, 1.54) is 12.1 Å². The molecule has 1 heterocycles. The van der Waals surface area contributed by atoms with Crippen molar-refractivity contribution in [3.05, 3.63) is 35.1 Å². The molecule has 1 amide bonds. The van der Waals surface area contributed by atoms with Crippen molar-refractivity contribution in [2.24, 2.45) is 0 Å². The average molecular weight is 271 g/mol. The monoisotopic (exact) mass is 271 g/mol. The van der Waals surface area contributed by atoms with Gasteiger partial charge in [0.2, 0.25) is 0 Å². The van der Waals surface area contributed by atoms with Gasteiger partial charge in [0.15, 0.2) is 9.84 Å². The molecular weight excluding hydrogens is 257 g/mol. The number of nitrogens with one attached hydrogen (secondary N) is 1. The van der Waals surface area contributed by atoms with Crippen LogP contribution < -0.4 is 5.32 Å². The van der Waals surface area contributed by atoms with Crippen LogP contribution in [-0.2, 0) is 9.84 Å². The molecule has 1 aliphatic rings. The molecule has 1 atom stereocenters. The van der Waals surface area contributed by atoms with Crippen molar-refractivity contribution in [2.45, 2.75) is 19.4 Å². The third-order valence-corrected chi connectivity index (χ3v) is 4.70. The number of aryl methyl sites for hydroxylation is 1. The van der Waals surface area contributed by atoms with Gasteiger partial charge >= 0.3 is 0 Å². The quantitative estimate of drug-likeness (QED) is 0.874. The molecule has 1 aromatic rings. The summed E-state index contributed by atoms with van der Waals surface area (Å²) in [5.74, 6) is -1.14. The molecule has 1 N–H and O–H groups in total. The summed E-state index contributed by atoms with van der Waals surface area (Å²) >= 11 is 0. The Hall–Kier alpha value is -1.43. The van der Waals surface area contributed by atoms with E-state index in [0.717, 1.165) is 5.56 Å². The van der Waals surface area contributed by atoms with Gasteiger partial charge in [0.05, 0.1) is 17.1 Å². The number of benzene rings is 1. The van der Waals surface area contributed by atoms with Gasteiger partial charge in [0.25, 0.3) is 5.91 Å². The maximum absolute atomic E-state index is 13.5. The third-order valence-electron chi connectivity index (χ3n) is 2.94. The molecule has 2 rings (SSSR count). The minimum absolute atomic E-state index is 0.0510. The van der Waals surface area contributed by atoms with E-state index in [1.807, 2.05) is 0 Å². The summed E-state index contributed by atoms with van der Waals surface area (Å²) in [7, 11) is -3.05. The molecule has 1 fully saturated rings.